The summed E-state index contributed by atoms with van der Waals surface area (Å²) >= 11 is 1.88. The molecule has 1 saturated carbocycles. The third-order valence-electron chi connectivity index (χ3n) is 3.66. The summed E-state index contributed by atoms with van der Waals surface area (Å²) < 4.78 is 0. The van der Waals surface area contributed by atoms with Crippen molar-refractivity contribution >= 4 is 28.7 Å². The van der Waals surface area contributed by atoms with Gasteiger partial charge in [0, 0.05) is 12.3 Å². The predicted molar refractivity (Wildman–Crippen MR) is 78.5 cm³/mol. The van der Waals surface area contributed by atoms with Gasteiger partial charge in [0.1, 0.15) is 5.03 Å². The highest BCUT2D eigenvalue weighted by atomic mass is 32.2. The van der Waals surface area contributed by atoms with Gasteiger partial charge in [-0.3, -0.25) is 5.10 Å². The van der Waals surface area contributed by atoms with E-state index in [0.29, 0.717) is 11.2 Å². The van der Waals surface area contributed by atoms with Gasteiger partial charge in [-0.05, 0) is 18.8 Å². The zero-order valence-corrected chi connectivity index (χ0v) is 12.1. The van der Waals surface area contributed by atoms with E-state index >= 15 is 0 Å². The SMILES string of the molecule is CNc1nc(SC2CCCC(C)C2)c2cn[nH]c2n1. The summed E-state index contributed by atoms with van der Waals surface area (Å²) in [7, 11) is 1.84. The molecule has 5 nitrogen and oxygen atoms in total. The van der Waals surface area contributed by atoms with Crippen LogP contribution in [0.25, 0.3) is 11.0 Å². The number of hydrogen-bond acceptors (Lipinski definition) is 5. The Morgan fingerprint density at radius 2 is 2.26 bits per heavy atom. The number of hydrogen-bond donors (Lipinski definition) is 2. The van der Waals surface area contributed by atoms with E-state index in [2.05, 4.69) is 32.4 Å². The number of fused-ring (bicyclic) bond motifs is 1. The minimum atomic E-state index is 0.656. The molecule has 0 aliphatic heterocycles. The minimum absolute atomic E-state index is 0.656. The van der Waals surface area contributed by atoms with Gasteiger partial charge in [0.2, 0.25) is 5.95 Å². The Kier molecular flexibility index (Phi) is 3.59. The van der Waals surface area contributed by atoms with Crippen molar-refractivity contribution in [3.05, 3.63) is 6.20 Å². The first-order chi connectivity index (χ1) is 9.26. The summed E-state index contributed by atoms with van der Waals surface area (Å²) in [6.07, 6.45) is 7.08. The highest BCUT2D eigenvalue weighted by molar-refractivity contribution is 8.00. The lowest BCUT2D eigenvalue weighted by atomic mass is 9.91. The van der Waals surface area contributed by atoms with Crippen LogP contribution >= 0.6 is 11.8 Å². The molecule has 0 radical (unpaired) electrons. The van der Waals surface area contributed by atoms with Gasteiger partial charge < -0.3 is 5.32 Å². The standard InChI is InChI=1S/C13H19N5S/c1-8-4-3-5-9(6-8)19-12-10-7-15-18-11(10)16-13(14-2)17-12/h7-9H,3-6H2,1-2H3,(H2,14,15,16,17,18). The van der Waals surface area contributed by atoms with Crippen LogP contribution in [0.1, 0.15) is 32.6 Å². The fourth-order valence-corrected chi connectivity index (χ4v) is 4.09. The van der Waals surface area contributed by atoms with Gasteiger partial charge >= 0.3 is 0 Å². The molecule has 2 aromatic rings. The maximum absolute atomic E-state index is 4.59. The third kappa shape index (κ3) is 2.68. The van der Waals surface area contributed by atoms with E-state index in [1.165, 1.54) is 25.7 Å². The highest BCUT2D eigenvalue weighted by Crippen LogP contribution is 2.37. The number of anilines is 1. The summed E-state index contributed by atoms with van der Waals surface area (Å²) in [5, 5.41) is 12.8. The van der Waals surface area contributed by atoms with Crippen LogP contribution < -0.4 is 5.32 Å². The molecule has 6 heteroatoms. The number of rotatable bonds is 3. The van der Waals surface area contributed by atoms with Gasteiger partial charge in [0.25, 0.3) is 0 Å². The van der Waals surface area contributed by atoms with Gasteiger partial charge in [0.15, 0.2) is 5.65 Å². The number of H-pyrrole nitrogens is 1. The van der Waals surface area contributed by atoms with Gasteiger partial charge in [-0.25, -0.2) is 4.98 Å². The average molecular weight is 277 g/mol. The quantitative estimate of drug-likeness (QED) is 0.844. The maximum atomic E-state index is 4.59. The first-order valence-electron chi connectivity index (χ1n) is 6.82. The second-order valence-corrected chi connectivity index (χ2v) is 6.54. The smallest absolute Gasteiger partial charge is 0.225 e. The molecule has 0 aromatic carbocycles. The second kappa shape index (κ2) is 5.36. The van der Waals surface area contributed by atoms with Crippen molar-refractivity contribution in [1.29, 1.82) is 0 Å². The number of nitrogens with zero attached hydrogens (tertiary/aromatic N) is 3. The fraction of sp³-hybridized carbons (Fsp3) is 0.615. The van der Waals surface area contributed by atoms with Crippen molar-refractivity contribution in [1.82, 2.24) is 20.2 Å². The Bertz CT molecular complexity index is 567. The van der Waals surface area contributed by atoms with Crippen LogP contribution in [-0.2, 0) is 0 Å². The van der Waals surface area contributed by atoms with Crippen LogP contribution in [-0.4, -0.2) is 32.5 Å². The van der Waals surface area contributed by atoms with Crippen LogP contribution in [0.2, 0.25) is 0 Å². The first kappa shape index (κ1) is 12.7. The normalized spacial score (nSPS) is 23.7. The van der Waals surface area contributed by atoms with E-state index in [4.69, 9.17) is 0 Å². The Hall–Kier alpha value is -1.30. The molecule has 0 spiro atoms. The van der Waals surface area contributed by atoms with E-state index in [1.54, 1.807) is 0 Å². The summed E-state index contributed by atoms with van der Waals surface area (Å²) in [6, 6.07) is 0. The van der Waals surface area contributed by atoms with Crippen LogP contribution in [0.15, 0.2) is 11.2 Å². The first-order valence-corrected chi connectivity index (χ1v) is 7.69. The second-order valence-electron chi connectivity index (χ2n) is 5.25. The number of thioether (sulfide) groups is 1. The van der Waals surface area contributed by atoms with Crippen molar-refractivity contribution in [2.75, 3.05) is 12.4 Å². The Morgan fingerprint density at radius 3 is 3.05 bits per heavy atom. The molecule has 2 heterocycles. The fourth-order valence-electron chi connectivity index (χ4n) is 2.65. The summed E-state index contributed by atoms with van der Waals surface area (Å²) in [5.41, 5.74) is 0.811. The van der Waals surface area contributed by atoms with Crippen molar-refractivity contribution in [3.8, 4) is 0 Å². The summed E-state index contributed by atoms with van der Waals surface area (Å²) in [6.45, 7) is 2.35. The maximum Gasteiger partial charge on any atom is 0.225 e. The molecule has 2 N–H and O–H groups in total. The molecule has 2 atom stereocenters. The summed E-state index contributed by atoms with van der Waals surface area (Å²) in [4.78, 5) is 8.96. The molecule has 0 saturated heterocycles. The predicted octanol–water partition coefficient (Wildman–Crippen LogP) is 3.07. The van der Waals surface area contributed by atoms with Gasteiger partial charge in [-0.2, -0.15) is 10.1 Å². The molecule has 2 aromatic heterocycles. The van der Waals surface area contributed by atoms with Crippen molar-refractivity contribution in [2.45, 2.75) is 42.9 Å². The van der Waals surface area contributed by atoms with E-state index < -0.39 is 0 Å². The summed E-state index contributed by atoms with van der Waals surface area (Å²) in [5.74, 6) is 1.49. The Labute approximate surface area is 117 Å². The molecule has 1 aliphatic rings. The highest BCUT2D eigenvalue weighted by Gasteiger charge is 2.22. The van der Waals surface area contributed by atoms with Crippen molar-refractivity contribution in [2.24, 2.45) is 5.92 Å². The topological polar surface area (TPSA) is 66.5 Å². The van der Waals surface area contributed by atoms with Crippen molar-refractivity contribution < 1.29 is 0 Å². The lowest BCUT2D eigenvalue weighted by molar-refractivity contribution is 0.394. The van der Waals surface area contributed by atoms with Crippen LogP contribution in [0.4, 0.5) is 5.95 Å². The van der Waals surface area contributed by atoms with E-state index in [9.17, 15) is 0 Å². The Balaban J connectivity index is 1.88. The molecule has 3 rings (SSSR count). The van der Waals surface area contributed by atoms with Crippen LogP contribution in [0.5, 0.6) is 0 Å². The van der Waals surface area contributed by atoms with Gasteiger partial charge in [-0.15, -0.1) is 11.8 Å². The van der Waals surface area contributed by atoms with E-state index in [1.807, 2.05) is 25.0 Å². The van der Waals surface area contributed by atoms with Gasteiger partial charge in [0.05, 0.1) is 11.6 Å². The molecule has 2 unspecified atom stereocenters. The van der Waals surface area contributed by atoms with E-state index in [-0.39, 0.29) is 0 Å². The molecule has 1 aliphatic carbocycles. The molecule has 0 amide bonds. The molecule has 1 fully saturated rings. The average Bonchev–Trinajstić information content (AvgIpc) is 2.87. The largest absolute Gasteiger partial charge is 0.357 e. The Morgan fingerprint density at radius 1 is 1.37 bits per heavy atom. The third-order valence-corrected chi connectivity index (χ3v) is 4.96. The lowest BCUT2D eigenvalue weighted by Crippen LogP contribution is -2.15. The zero-order chi connectivity index (χ0) is 13.2. The number of aromatic nitrogens is 4. The molecule has 102 valence electrons. The molecular weight excluding hydrogens is 258 g/mol. The molecule has 19 heavy (non-hydrogen) atoms. The minimum Gasteiger partial charge on any atom is -0.357 e. The monoisotopic (exact) mass is 277 g/mol. The lowest BCUT2D eigenvalue weighted by Gasteiger charge is -2.25. The zero-order valence-electron chi connectivity index (χ0n) is 11.3. The van der Waals surface area contributed by atoms with Crippen molar-refractivity contribution in [3.63, 3.8) is 0 Å². The van der Waals surface area contributed by atoms with Crippen LogP contribution in [0.3, 0.4) is 0 Å². The number of nitrogens with one attached hydrogen (secondary N) is 2. The van der Waals surface area contributed by atoms with E-state index in [0.717, 1.165) is 22.0 Å². The van der Waals surface area contributed by atoms with Crippen LogP contribution in [0, 0.1) is 5.92 Å². The molecular formula is C13H19N5S. The molecule has 0 bridgehead atoms. The number of aromatic amines is 1. The van der Waals surface area contributed by atoms with Gasteiger partial charge in [-0.1, -0.05) is 19.8 Å².